The molecule has 5 aromatic rings. The number of nitrogens with zero attached hydrogens (tertiary/aromatic N) is 2. The topological polar surface area (TPSA) is 69.9 Å². The van der Waals surface area contributed by atoms with E-state index in [1.165, 1.54) is 11.3 Å². The number of allylic oxidation sites excluding steroid dienone is 1. The quantitative estimate of drug-likeness (QED) is 0.176. The maximum Gasteiger partial charge on any atom is 0.338 e. The van der Waals surface area contributed by atoms with E-state index < -0.39 is 12.0 Å². The van der Waals surface area contributed by atoms with Crippen molar-refractivity contribution in [2.75, 3.05) is 6.61 Å². The number of aromatic nitrogens is 1. The van der Waals surface area contributed by atoms with Crippen molar-refractivity contribution in [2.24, 2.45) is 4.99 Å². The zero-order valence-corrected chi connectivity index (χ0v) is 26.5. The highest BCUT2D eigenvalue weighted by Crippen LogP contribution is 2.35. The lowest BCUT2D eigenvalue weighted by molar-refractivity contribution is -0.139. The SMILES string of the molecule is CCOC(=O)C1=C(C)N=c2s/c(=C/c3ccc(OCc4ccc(Cl)cc4)c(Br)c3)c(=O)n2[C@@H]1c1cccc2ccccc12. The number of rotatable bonds is 7. The summed E-state index contributed by atoms with van der Waals surface area (Å²) in [6.07, 6.45) is 1.83. The summed E-state index contributed by atoms with van der Waals surface area (Å²) < 4.78 is 14.3. The van der Waals surface area contributed by atoms with Crippen LogP contribution in [0.3, 0.4) is 0 Å². The number of carbonyl (C=O) groups is 1. The Kier molecular flexibility index (Phi) is 8.34. The molecule has 9 heteroatoms. The molecule has 0 radical (unpaired) electrons. The van der Waals surface area contributed by atoms with Crippen LogP contribution in [-0.4, -0.2) is 17.1 Å². The first-order chi connectivity index (χ1) is 20.8. The number of hydrogen-bond donors (Lipinski definition) is 0. The second-order valence-electron chi connectivity index (χ2n) is 9.98. The van der Waals surface area contributed by atoms with Gasteiger partial charge in [0.25, 0.3) is 5.56 Å². The number of thiazole rings is 1. The number of carbonyl (C=O) groups excluding carboxylic acids is 1. The largest absolute Gasteiger partial charge is 0.488 e. The third-order valence-corrected chi connectivity index (χ3v) is 9.05. The molecule has 43 heavy (non-hydrogen) atoms. The second kappa shape index (κ2) is 12.3. The molecule has 4 aromatic carbocycles. The summed E-state index contributed by atoms with van der Waals surface area (Å²) >= 11 is 10.9. The maximum absolute atomic E-state index is 14.1. The fourth-order valence-corrected chi connectivity index (χ4v) is 6.88. The molecule has 0 amide bonds. The van der Waals surface area contributed by atoms with Crippen LogP contribution >= 0.6 is 38.9 Å². The first-order valence-electron chi connectivity index (χ1n) is 13.7. The van der Waals surface area contributed by atoms with Crippen LogP contribution in [0.1, 0.15) is 36.6 Å². The van der Waals surface area contributed by atoms with Crippen molar-refractivity contribution in [1.29, 1.82) is 0 Å². The molecule has 2 heterocycles. The van der Waals surface area contributed by atoms with E-state index in [2.05, 4.69) is 15.9 Å². The molecule has 0 fully saturated rings. The van der Waals surface area contributed by atoms with Gasteiger partial charge in [-0.2, -0.15) is 0 Å². The van der Waals surface area contributed by atoms with Gasteiger partial charge in [-0.15, -0.1) is 0 Å². The molecule has 0 aliphatic carbocycles. The molecule has 6 rings (SSSR count). The van der Waals surface area contributed by atoms with Crippen molar-refractivity contribution in [1.82, 2.24) is 4.57 Å². The third kappa shape index (κ3) is 5.83. The van der Waals surface area contributed by atoms with Crippen LogP contribution in [0.4, 0.5) is 0 Å². The number of ether oxygens (including phenoxy) is 2. The Balaban J connectivity index is 1.41. The predicted octanol–water partition coefficient (Wildman–Crippen LogP) is 6.95. The summed E-state index contributed by atoms with van der Waals surface area (Å²) in [5, 5.41) is 2.65. The van der Waals surface area contributed by atoms with Gasteiger partial charge in [0.1, 0.15) is 12.4 Å². The highest BCUT2D eigenvalue weighted by Gasteiger charge is 2.34. The fraction of sp³-hybridized carbons (Fsp3) is 0.147. The molecule has 216 valence electrons. The summed E-state index contributed by atoms with van der Waals surface area (Å²) in [6, 6.07) is 26.4. The Morgan fingerprint density at radius 2 is 1.84 bits per heavy atom. The van der Waals surface area contributed by atoms with Crippen molar-refractivity contribution in [3.63, 3.8) is 0 Å². The smallest absolute Gasteiger partial charge is 0.338 e. The van der Waals surface area contributed by atoms with Crippen LogP contribution in [0.25, 0.3) is 16.8 Å². The third-order valence-electron chi connectivity index (χ3n) is 7.20. The average molecular weight is 674 g/mol. The molecule has 1 aliphatic heterocycles. The van der Waals surface area contributed by atoms with Gasteiger partial charge < -0.3 is 9.47 Å². The molecular formula is C34H26BrClN2O4S. The monoisotopic (exact) mass is 672 g/mol. The summed E-state index contributed by atoms with van der Waals surface area (Å²) in [4.78, 5) is 32.6. The van der Waals surface area contributed by atoms with Crippen molar-refractivity contribution in [3.05, 3.63) is 142 Å². The molecule has 0 unspecified atom stereocenters. The Bertz CT molecular complexity index is 2080. The van der Waals surface area contributed by atoms with Crippen molar-refractivity contribution in [2.45, 2.75) is 26.5 Å². The van der Waals surface area contributed by atoms with E-state index in [0.717, 1.165) is 31.9 Å². The van der Waals surface area contributed by atoms with Crippen LogP contribution in [0.15, 0.2) is 110 Å². The molecule has 0 spiro atoms. The van der Waals surface area contributed by atoms with Crippen LogP contribution < -0.4 is 19.6 Å². The normalized spacial score (nSPS) is 14.9. The van der Waals surface area contributed by atoms with Gasteiger partial charge in [-0.25, -0.2) is 9.79 Å². The van der Waals surface area contributed by atoms with E-state index in [9.17, 15) is 9.59 Å². The predicted molar refractivity (Wildman–Crippen MR) is 174 cm³/mol. The first-order valence-corrected chi connectivity index (χ1v) is 15.7. The van der Waals surface area contributed by atoms with E-state index in [0.29, 0.717) is 38.0 Å². The zero-order valence-electron chi connectivity index (χ0n) is 23.3. The van der Waals surface area contributed by atoms with Gasteiger partial charge in [0.2, 0.25) is 0 Å². The van der Waals surface area contributed by atoms with Crippen LogP contribution in [-0.2, 0) is 16.1 Å². The van der Waals surface area contributed by atoms with E-state index in [1.807, 2.05) is 91.0 Å². The minimum absolute atomic E-state index is 0.219. The summed E-state index contributed by atoms with van der Waals surface area (Å²) in [5.74, 6) is 0.202. The molecular weight excluding hydrogens is 648 g/mol. The summed E-state index contributed by atoms with van der Waals surface area (Å²) in [6.45, 7) is 4.17. The highest BCUT2D eigenvalue weighted by molar-refractivity contribution is 9.10. The Morgan fingerprint density at radius 1 is 1.07 bits per heavy atom. The molecule has 1 aromatic heterocycles. The standard InChI is InChI=1S/C34H26BrClN2O4S/c1-3-41-33(40)30-20(2)37-34-38(31(30)26-10-6-8-23-7-4-5-9-25(23)26)32(39)29(43-34)18-22-13-16-28(27(35)17-22)42-19-21-11-14-24(36)15-12-21/h4-18,31H,3,19H2,1-2H3/b29-18+/t31-/m1/s1. The van der Waals surface area contributed by atoms with Gasteiger partial charge in [0, 0.05) is 5.02 Å². The molecule has 0 saturated carbocycles. The Labute approximate surface area is 265 Å². The average Bonchev–Trinajstić information content (AvgIpc) is 3.30. The molecule has 1 aliphatic rings. The number of halogens is 2. The molecule has 0 saturated heterocycles. The van der Waals surface area contributed by atoms with Gasteiger partial charge in [0.15, 0.2) is 4.80 Å². The van der Waals surface area contributed by atoms with Crippen LogP contribution in [0.5, 0.6) is 5.75 Å². The lowest BCUT2D eigenvalue weighted by Gasteiger charge is -2.25. The van der Waals surface area contributed by atoms with E-state index in [-0.39, 0.29) is 12.2 Å². The molecule has 0 bridgehead atoms. The second-order valence-corrected chi connectivity index (χ2v) is 12.3. The van der Waals surface area contributed by atoms with Gasteiger partial charge in [-0.1, -0.05) is 83.6 Å². The van der Waals surface area contributed by atoms with Gasteiger partial charge in [-0.3, -0.25) is 9.36 Å². The minimum Gasteiger partial charge on any atom is -0.488 e. The van der Waals surface area contributed by atoms with E-state index in [1.54, 1.807) is 18.4 Å². The van der Waals surface area contributed by atoms with Crippen molar-refractivity contribution < 1.29 is 14.3 Å². The highest BCUT2D eigenvalue weighted by atomic mass is 79.9. The molecule has 6 nitrogen and oxygen atoms in total. The van der Waals surface area contributed by atoms with E-state index >= 15 is 0 Å². The number of hydrogen-bond acceptors (Lipinski definition) is 6. The fourth-order valence-electron chi connectivity index (χ4n) is 5.19. The zero-order chi connectivity index (χ0) is 30.1. The first kappa shape index (κ1) is 29.1. The summed E-state index contributed by atoms with van der Waals surface area (Å²) in [7, 11) is 0. The number of fused-ring (bicyclic) bond motifs is 2. The van der Waals surface area contributed by atoms with Crippen molar-refractivity contribution >= 4 is 61.7 Å². The van der Waals surface area contributed by atoms with Crippen molar-refractivity contribution in [3.8, 4) is 5.75 Å². The van der Waals surface area contributed by atoms with E-state index in [4.69, 9.17) is 26.1 Å². The maximum atomic E-state index is 14.1. The molecule has 1 atom stereocenters. The number of benzene rings is 4. The van der Waals surface area contributed by atoms with Crippen LogP contribution in [0, 0.1) is 0 Å². The van der Waals surface area contributed by atoms with Gasteiger partial charge in [-0.05, 0) is 87.6 Å². The Hall–Kier alpha value is -3.98. The van der Waals surface area contributed by atoms with Gasteiger partial charge >= 0.3 is 5.97 Å². The minimum atomic E-state index is -0.682. The van der Waals surface area contributed by atoms with Crippen LogP contribution in [0.2, 0.25) is 5.02 Å². The lowest BCUT2D eigenvalue weighted by Crippen LogP contribution is -2.40. The van der Waals surface area contributed by atoms with Gasteiger partial charge in [0.05, 0.1) is 32.9 Å². The lowest BCUT2D eigenvalue weighted by atomic mass is 9.91. The Morgan fingerprint density at radius 3 is 2.60 bits per heavy atom. The summed E-state index contributed by atoms with van der Waals surface area (Å²) in [5.41, 5.74) is 3.33. The number of esters is 1. The molecule has 0 N–H and O–H groups in total.